The van der Waals surface area contributed by atoms with Crippen molar-refractivity contribution in [1.29, 1.82) is 0 Å². The Kier molecular flexibility index (Phi) is 6.32. The van der Waals surface area contributed by atoms with E-state index in [0.29, 0.717) is 17.9 Å². The molecule has 1 saturated heterocycles. The van der Waals surface area contributed by atoms with E-state index in [1.165, 1.54) is 23.0 Å². The van der Waals surface area contributed by atoms with E-state index in [2.05, 4.69) is 10.1 Å². The van der Waals surface area contributed by atoms with Crippen LogP contribution in [-0.2, 0) is 4.74 Å². The number of hydrogen-bond acceptors (Lipinski definition) is 5. The Morgan fingerprint density at radius 3 is 2.69 bits per heavy atom. The van der Waals surface area contributed by atoms with E-state index in [9.17, 15) is 13.6 Å². The summed E-state index contributed by atoms with van der Waals surface area (Å²) < 4.78 is 39.3. The van der Waals surface area contributed by atoms with Gasteiger partial charge in [0.05, 0.1) is 11.3 Å². The topological polar surface area (TPSA) is 66.2 Å². The molecule has 1 aliphatic rings. The molecule has 6 nitrogen and oxygen atoms in total. The van der Waals surface area contributed by atoms with Crippen LogP contribution in [0.25, 0.3) is 11.1 Å². The number of rotatable bonds is 5. The molecule has 0 saturated carbocycles. The average Bonchev–Trinajstić information content (AvgIpc) is 2.78. The van der Waals surface area contributed by atoms with Gasteiger partial charge in [-0.2, -0.15) is 5.10 Å². The first-order chi connectivity index (χ1) is 15.4. The summed E-state index contributed by atoms with van der Waals surface area (Å²) in [7, 11) is 0. The third kappa shape index (κ3) is 4.27. The zero-order valence-electron chi connectivity index (χ0n) is 18.3. The Balaban J connectivity index is 1.68. The van der Waals surface area contributed by atoms with Crippen LogP contribution in [-0.4, -0.2) is 21.4 Å². The predicted molar refractivity (Wildman–Crippen MR) is 116 cm³/mol. The first kappa shape index (κ1) is 22.1. The molecule has 0 aliphatic carbocycles. The number of benzene rings is 1. The highest BCUT2D eigenvalue weighted by atomic mass is 19.3. The number of halogens is 2. The number of aromatic nitrogens is 3. The van der Waals surface area contributed by atoms with Crippen molar-refractivity contribution in [3.05, 3.63) is 69.3 Å². The summed E-state index contributed by atoms with van der Waals surface area (Å²) in [6.45, 7) is 6.16. The highest BCUT2D eigenvalue weighted by molar-refractivity contribution is 5.72. The van der Waals surface area contributed by atoms with Gasteiger partial charge in [-0.15, -0.1) is 0 Å². The average molecular weight is 441 g/mol. The van der Waals surface area contributed by atoms with Crippen molar-refractivity contribution in [2.45, 2.75) is 52.7 Å². The Morgan fingerprint density at radius 2 is 2.00 bits per heavy atom. The van der Waals surface area contributed by atoms with Gasteiger partial charge in [0, 0.05) is 23.9 Å². The minimum absolute atomic E-state index is 0.126. The fraction of sp³-hybridized carbons (Fsp3) is 0.375. The molecule has 1 atom stereocenters. The smallest absolute Gasteiger partial charge is 0.272 e. The highest BCUT2D eigenvalue weighted by Gasteiger charge is 2.22. The second-order valence-electron chi connectivity index (χ2n) is 7.93. The van der Waals surface area contributed by atoms with E-state index in [1.807, 2.05) is 19.9 Å². The SMILES string of the molecule is Cc1cc(Oc2ncccc2C(F)F)ccc1-c1c(C)nn(C2CCCCO2)c(=O)c1C. The van der Waals surface area contributed by atoms with Gasteiger partial charge in [-0.3, -0.25) is 4.79 Å². The van der Waals surface area contributed by atoms with Crippen LogP contribution in [0.1, 0.15) is 54.3 Å². The maximum Gasteiger partial charge on any atom is 0.272 e. The van der Waals surface area contributed by atoms with Gasteiger partial charge in [0.25, 0.3) is 12.0 Å². The maximum absolute atomic E-state index is 13.2. The number of hydrogen-bond donors (Lipinski definition) is 0. The molecule has 3 aromatic rings. The summed E-state index contributed by atoms with van der Waals surface area (Å²) in [6, 6.07) is 7.97. The van der Waals surface area contributed by atoms with Crippen LogP contribution in [0, 0.1) is 20.8 Å². The zero-order chi connectivity index (χ0) is 22.8. The zero-order valence-corrected chi connectivity index (χ0v) is 18.3. The van der Waals surface area contributed by atoms with E-state index in [1.54, 1.807) is 19.1 Å². The molecule has 4 rings (SSSR count). The van der Waals surface area contributed by atoms with E-state index in [4.69, 9.17) is 9.47 Å². The Hall–Kier alpha value is -3.13. The summed E-state index contributed by atoms with van der Waals surface area (Å²) in [5.74, 6) is 0.262. The molecular formula is C24H25F2N3O3. The number of nitrogens with zero attached hydrogens (tertiary/aromatic N) is 3. The van der Waals surface area contributed by atoms with Crippen LogP contribution in [0.15, 0.2) is 41.3 Å². The normalized spacial score (nSPS) is 16.4. The molecule has 0 amide bonds. The first-order valence-corrected chi connectivity index (χ1v) is 10.6. The standard InChI is InChI=1S/C24H25F2N3O3/c1-14-13-17(32-23-19(22(25)26)7-6-11-27-23)9-10-18(14)21-15(2)24(30)29(28-16(21)3)20-8-4-5-12-31-20/h6-7,9-11,13,20,22H,4-5,8,12H2,1-3H3. The van der Waals surface area contributed by atoms with Gasteiger partial charge in [-0.25, -0.2) is 18.4 Å². The number of alkyl halides is 2. The largest absolute Gasteiger partial charge is 0.439 e. The summed E-state index contributed by atoms with van der Waals surface area (Å²) in [5.41, 5.74) is 3.30. The van der Waals surface area contributed by atoms with Crippen molar-refractivity contribution >= 4 is 0 Å². The van der Waals surface area contributed by atoms with Crippen molar-refractivity contribution in [3.63, 3.8) is 0 Å². The van der Waals surface area contributed by atoms with Crippen molar-refractivity contribution in [3.8, 4) is 22.8 Å². The molecule has 2 aromatic heterocycles. The number of pyridine rings is 1. The molecule has 0 spiro atoms. The van der Waals surface area contributed by atoms with Crippen molar-refractivity contribution < 1.29 is 18.3 Å². The molecule has 1 aliphatic heterocycles. The molecule has 168 valence electrons. The molecule has 1 aromatic carbocycles. The van der Waals surface area contributed by atoms with E-state index in [0.717, 1.165) is 41.6 Å². The van der Waals surface area contributed by atoms with Gasteiger partial charge in [0.15, 0.2) is 6.23 Å². The maximum atomic E-state index is 13.2. The summed E-state index contributed by atoms with van der Waals surface area (Å²) in [5, 5.41) is 4.55. The fourth-order valence-corrected chi connectivity index (χ4v) is 4.06. The van der Waals surface area contributed by atoms with Crippen LogP contribution in [0.2, 0.25) is 0 Å². The van der Waals surface area contributed by atoms with Gasteiger partial charge in [-0.1, -0.05) is 6.07 Å². The highest BCUT2D eigenvalue weighted by Crippen LogP contribution is 2.34. The van der Waals surface area contributed by atoms with Gasteiger partial charge in [0.2, 0.25) is 5.88 Å². The Bertz CT molecular complexity index is 1190. The van der Waals surface area contributed by atoms with Crippen LogP contribution in [0.4, 0.5) is 8.78 Å². The molecule has 3 heterocycles. The van der Waals surface area contributed by atoms with E-state index in [-0.39, 0.29) is 23.2 Å². The molecule has 0 radical (unpaired) electrons. The second kappa shape index (κ2) is 9.16. The fourth-order valence-electron chi connectivity index (χ4n) is 4.06. The molecule has 0 N–H and O–H groups in total. The second-order valence-corrected chi connectivity index (χ2v) is 7.93. The van der Waals surface area contributed by atoms with Crippen molar-refractivity contribution in [2.75, 3.05) is 6.61 Å². The first-order valence-electron chi connectivity index (χ1n) is 10.6. The number of ether oxygens (including phenoxy) is 2. The lowest BCUT2D eigenvalue weighted by Gasteiger charge is -2.25. The Morgan fingerprint density at radius 1 is 1.19 bits per heavy atom. The third-order valence-corrected chi connectivity index (χ3v) is 5.67. The van der Waals surface area contributed by atoms with Gasteiger partial charge in [0.1, 0.15) is 5.75 Å². The van der Waals surface area contributed by atoms with Gasteiger partial charge < -0.3 is 9.47 Å². The minimum atomic E-state index is -2.69. The summed E-state index contributed by atoms with van der Waals surface area (Å²) >= 11 is 0. The predicted octanol–water partition coefficient (Wildman–Crippen LogP) is 5.66. The molecular weight excluding hydrogens is 416 g/mol. The Labute approximate surface area is 184 Å². The minimum Gasteiger partial charge on any atom is -0.439 e. The van der Waals surface area contributed by atoms with Crippen molar-refractivity contribution in [2.24, 2.45) is 0 Å². The quantitative estimate of drug-likeness (QED) is 0.511. The molecule has 0 bridgehead atoms. The van der Waals surface area contributed by atoms with Crippen molar-refractivity contribution in [1.82, 2.24) is 14.8 Å². The lowest BCUT2D eigenvalue weighted by atomic mass is 9.96. The summed E-state index contributed by atoms with van der Waals surface area (Å²) in [4.78, 5) is 17.0. The van der Waals surface area contributed by atoms with Crippen LogP contribution in [0.5, 0.6) is 11.6 Å². The molecule has 1 unspecified atom stereocenters. The lowest BCUT2D eigenvalue weighted by Crippen LogP contribution is -2.33. The van der Waals surface area contributed by atoms with Gasteiger partial charge in [-0.05, 0) is 75.4 Å². The van der Waals surface area contributed by atoms with Crippen LogP contribution >= 0.6 is 0 Å². The summed E-state index contributed by atoms with van der Waals surface area (Å²) in [6.07, 6.45) is 1.16. The molecule has 8 heteroatoms. The monoisotopic (exact) mass is 441 g/mol. The molecule has 32 heavy (non-hydrogen) atoms. The van der Waals surface area contributed by atoms with E-state index < -0.39 is 6.43 Å². The number of aryl methyl sites for hydroxylation is 2. The lowest BCUT2D eigenvalue weighted by molar-refractivity contribution is -0.0428. The van der Waals surface area contributed by atoms with Gasteiger partial charge >= 0.3 is 0 Å². The van der Waals surface area contributed by atoms with Crippen LogP contribution in [0.3, 0.4) is 0 Å². The van der Waals surface area contributed by atoms with Crippen LogP contribution < -0.4 is 10.3 Å². The third-order valence-electron chi connectivity index (χ3n) is 5.67. The molecule has 1 fully saturated rings. The van der Waals surface area contributed by atoms with E-state index >= 15 is 0 Å².